The first-order valence-corrected chi connectivity index (χ1v) is 8.89. The predicted octanol–water partition coefficient (Wildman–Crippen LogP) is 4.02. The molecule has 0 aromatic heterocycles. The summed E-state index contributed by atoms with van der Waals surface area (Å²) in [4.78, 5) is 14.5. The highest BCUT2D eigenvalue weighted by atomic mass is 127. The molecule has 0 bridgehead atoms. The summed E-state index contributed by atoms with van der Waals surface area (Å²) >= 11 is 7.70. The van der Waals surface area contributed by atoms with Gasteiger partial charge in [0.2, 0.25) is 0 Å². The second-order valence-corrected chi connectivity index (χ2v) is 7.78. The average Bonchev–Trinajstić information content (AvgIpc) is 2.41. The average molecular weight is 440 g/mol. The van der Waals surface area contributed by atoms with E-state index in [9.17, 15) is 4.79 Å². The van der Waals surface area contributed by atoms with Crippen molar-refractivity contribution in [3.8, 4) is 0 Å². The topological polar surface area (TPSA) is 20.3 Å². The highest BCUT2D eigenvalue weighted by Crippen LogP contribution is 2.25. The van der Waals surface area contributed by atoms with Crippen LogP contribution in [0.15, 0.2) is 22.7 Å². The van der Waals surface area contributed by atoms with Crippen LogP contribution in [-0.4, -0.2) is 34.9 Å². The fourth-order valence-electron chi connectivity index (χ4n) is 1.98. The van der Waals surface area contributed by atoms with Gasteiger partial charge in [0.25, 0.3) is 5.91 Å². The number of rotatable bonds is 2. The van der Waals surface area contributed by atoms with Crippen molar-refractivity contribution in [3.63, 3.8) is 0 Å². The summed E-state index contributed by atoms with van der Waals surface area (Å²) in [5, 5.41) is 0.587. The van der Waals surface area contributed by atoms with Crippen LogP contribution in [-0.2, 0) is 0 Å². The predicted molar refractivity (Wildman–Crippen MR) is 89.3 cm³/mol. The maximum absolute atomic E-state index is 12.5. The zero-order valence-corrected chi connectivity index (χ0v) is 14.7. The number of carbonyl (C=O) groups is 1. The van der Waals surface area contributed by atoms with Crippen molar-refractivity contribution >= 4 is 56.2 Å². The van der Waals surface area contributed by atoms with Crippen LogP contribution in [0.2, 0.25) is 0 Å². The molecular formula is C13H15BrINOS. The van der Waals surface area contributed by atoms with E-state index in [0.29, 0.717) is 5.25 Å². The number of thioether (sulfide) groups is 1. The molecule has 1 fully saturated rings. The second kappa shape index (κ2) is 6.61. The van der Waals surface area contributed by atoms with Gasteiger partial charge < -0.3 is 4.90 Å². The van der Waals surface area contributed by atoms with Crippen LogP contribution in [0.3, 0.4) is 0 Å². The molecule has 1 saturated heterocycles. The van der Waals surface area contributed by atoms with Gasteiger partial charge in [-0.2, -0.15) is 11.8 Å². The number of halogens is 2. The van der Waals surface area contributed by atoms with Crippen molar-refractivity contribution in [1.82, 2.24) is 4.90 Å². The van der Waals surface area contributed by atoms with Gasteiger partial charge in [-0.3, -0.25) is 4.79 Å². The van der Waals surface area contributed by atoms with E-state index in [0.717, 1.165) is 38.9 Å². The summed E-state index contributed by atoms with van der Waals surface area (Å²) in [5.41, 5.74) is 0.781. The van der Waals surface area contributed by atoms with Crippen molar-refractivity contribution < 1.29 is 4.79 Å². The third-order valence-electron chi connectivity index (χ3n) is 3.04. The van der Waals surface area contributed by atoms with Gasteiger partial charge in [0.05, 0.1) is 5.56 Å². The lowest BCUT2D eigenvalue weighted by Crippen LogP contribution is -2.41. The van der Waals surface area contributed by atoms with Crippen LogP contribution < -0.4 is 0 Å². The molecular weight excluding hydrogens is 425 g/mol. The number of benzene rings is 1. The van der Waals surface area contributed by atoms with Gasteiger partial charge in [0.15, 0.2) is 0 Å². The molecule has 1 aromatic rings. The van der Waals surface area contributed by atoms with E-state index >= 15 is 0 Å². The van der Waals surface area contributed by atoms with Gasteiger partial charge in [-0.1, -0.05) is 6.92 Å². The third kappa shape index (κ3) is 3.42. The minimum Gasteiger partial charge on any atom is -0.337 e. The Morgan fingerprint density at radius 3 is 3.11 bits per heavy atom. The van der Waals surface area contributed by atoms with E-state index in [1.807, 2.05) is 34.9 Å². The van der Waals surface area contributed by atoms with Gasteiger partial charge in [0.1, 0.15) is 0 Å². The Balaban J connectivity index is 2.17. The first-order valence-electron chi connectivity index (χ1n) is 5.97. The zero-order chi connectivity index (χ0) is 13.1. The standard InChI is InChI=1S/C13H15BrINOS/c1-2-10-8-16(5-6-18-10)13(17)11-7-9(15)3-4-12(11)14/h3-4,7,10H,2,5-6,8H2,1H3. The number of hydrogen-bond acceptors (Lipinski definition) is 2. The Morgan fingerprint density at radius 1 is 1.61 bits per heavy atom. The zero-order valence-electron chi connectivity index (χ0n) is 10.2. The minimum absolute atomic E-state index is 0.152. The van der Waals surface area contributed by atoms with E-state index in [1.165, 1.54) is 0 Å². The quantitative estimate of drug-likeness (QED) is 0.648. The molecule has 0 saturated carbocycles. The molecule has 1 aliphatic heterocycles. The lowest BCUT2D eigenvalue weighted by Gasteiger charge is -2.32. The first-order chi connectivity index (χ1) is 8.61. The van der Waals surface area contributed by atoms with Gasteiger partial charge in [-0.05, 0) is 63.1 Å². The molecule has 1 heterocycles. The molecule has 2 rings (SSSR count). The molecule has 5 heteroatoms. The van der Waals surface area contributed by atoms with Crippen molar-refractivity contribution in [2.75, 3.05) is 18.8 Å². The van der Waals surface area contributed by atoms with Crippen LogP contribution in [0.5, 0.6) is 0 Å². The molecule has 98 valence electrons. The number of amides is 1. The number of carbonyl (C=O) groups excluding carboxylic acids is 1. The van der Waals surface area contributed by atoms with Crippen LogP contribution in [0.4, 0.5) is 0 Å². The van der Waals surface area contributed by atoms with Crippen molar-refractivity contribution in [1.29, 1.82) is 0 Å². The fraction of sp³-hybridized carbons (Fsp3) is 0.462. The fourth-order valence-corrected chi connectivity index (χ4v) is 4.07. The normalized spacial score (nSPS) is 19.9. The molecule has 18 heavy (non-hydrogen) atoms. The lowest BCUT2D eigenvalue weighted by molar-refractivity contribution is 0.0760. The largest absolute Gasteiger partial charge is 0.337 e. The monoisotopic (exact) mass is 439 g/mol. The molecule has 2 nitrogen and oxygen atoms in total. The third-order valence-corrected chi connectivity index (χ3v) is 5.77. The smallest absolute Gasteiger partial charge is 0.255 e. The summed E-state index contributed by atoms with van der Waals surface area (Å²) in [6.07, 6.45) is 1.13. The molecule has 1 unspecified atom stereocenters. The van der Waals surface area contributed by atoms with Crippen molar-refractivity contribution in [3.05, 3.63) is 31.8 Å². The Morgan fingerprint density at radius 2 is 2.39 bits per heavy atom. The van der Waals surface area contributed by atoms with Crippen LogP contribution in [0.25, 0.3) is 0 Å². The lowest BCUT2D eigenvalue weighted by atomic mass is 10.2. The molecule has 0 aliphatic carbocycles. The summed E-state index contributed by atoms with van der Waals surface area (Å²) in [6.45, 7) is 3.92. The van der Waals surface area contributed by atoms with Gasteiger partial charge >= 0.3 is 0 Å². The molecule has 0 spiro atoms. The van der Waals surface area contributed by atoms with Crippen LogP contribution in [0.1, 0.15) is 23.7 Å². The SMILES string of the molecule is CCC1CN(C(=O)c2cc(I)ccc2Br)CCS1. The number of nitrogens with zero attached hydrogens (tertiary/aromatic N) is 1. The van der Waals surface area contributed by atoms with Gasteiger partial charge in [-0.15, -0.1) is 0 Å². The summed E-state index contributed by atoms with van der Waals surface area (Å²) in [5.74, 6) is 1.20. The Bertz CT molecular complexity index is 455. The molecule has 1 aliphatic rings. The Labute approximate surface area is 134 Å². The summed E-state index contributed by atoms with van der Waals surface area (Å²) < 4.78 is 1.98. The maximum atomic E-state index is 12.5. The van der Waals surface area contributed by atoms with E-state index in [-0.39, 0.29) is 5.91 Å². The molecule has 1 amide bonds. The Hall–Kier alpha value is 0.250. The summed E-state index contributed by atoms with van der Waals surface area (Å²) in [7, 11) is 0. The molecule has 0 N–H and O–H groups in total. The van der Waals surface area contributed by atoms with Crippen LogP contribution >= 0.6 is 50.3 Å². The Kier molecular flexibility index (Phi) is 5.38. The molecule has 1 aromatic carbocycles. The molecule has 0 radical (unpaired) electrons. The molecule has 1 atom stereocenters. The second-order valence-electron chi connectivity index (χ2n) is 4.28. The van der Waals surface area contributed by atoms with Gasteiger partial charge in [-0.25, -0.2) is 0 Å². The van der Waals surface area contributed by atoms with Crippen LogP contribution in [0, 0.1) is 3.57 Å². The van der Waals surface area contributed by atoms with Gasteiger partial charge in [0, 0.05) is 32.1 Å². The number of hydrogen-bond donors (Lipinski definition) is 0. The summed E-state index contributed by atoms with van der Waals surface area (Å²) in [6, 6.07) is 5.91. The van der Waals surface area contributed by atoms with E-state index < -0.39 is 0 Å². The van der Waals surface area contributed by atoms with E-state index in [2.05, 4.69) is 45.4 Å². The van der Waals surface area contributed by atoms with E-state index in [1.54, 1.807) is 0 Å². The minimum atomic E-state index is 0.152. The van der Waals surface area contributed by atoms with E-state index in [4.69, 9.17) is 0 Å². The van der Waals surface area contributed by atoms with Crippen molar-refractivity contribution in [2.24, 2.45) is 0 Å². The first kappa shape index (κ1) is 14.7. The highest BCUT2D eigenvalue weighted by Gasteiger charge is 2.25. The highest BCUT2D eigenvalue weighted by molar-refractivity contribution is 14.1. The maximum Gasteiger partial charge on any atom is 0.255 e. The van der Waals surface area contributed by atoms with Crippen molar-refractivity contribution in [2.45, 2.75) is 18.6 Å².